The molecule has 1 unspecified atom stereocenters. The molecule has 0 radical (unpaired) electrons. The molecule has 7 nitrogen and oxygen atoms in total. The first-order valence-electron chi connectivity index (χ1n) is 19.9. The molecule has 334 valence electrons. The van der Waals surface area contributed by atoms with Crippen LogP contribution in [0.25, 0.3) is 0 Å². The van der Waals surface area contributed by atoms with Crippen molar-refractivity contribution in [3.05, 3.63) is 69.8 Å². The van der Waals surface area contributed by atoms with Crippen LogP contribution in [0.1, 0.15) is 125 Å². The van der Waals surface area contributed by atoms with E-state index in [1.54, 1.807) is 27.7 Å². The van der Waals surface area contributed by atoms with Crippen LogP contribution >= 0.6 is 0 Å². The van der Waals surface area contributed by atoms with Crippen molar-refractivity contribution in [3.8, 4) is 0 Å². The number of alkyl halides is 12. The largest absolute Gasteiger partial charge is 0.416 e. The number of nitrogens with zero attached hydrogens (tertiary/aromatic N) is 2. The molecule has 2 aliphatic heterocycles. The lowest BCUT2D eigenvalue weighted by Crippen LogP contribution is -2.87. The second-order valence-electron chi connectivity index (χ2n) is 17.9. The maximum Gasteiger partial charge on any atom is 0.416 e. The van der Waals surface area contributed by atoms with Gasteiger partial charge in [-0.05, 0) is 125 Å². The molecule has 2 saturated heterocycles. The number of benzene rings is 2. The highest BCUT2D eigenvalue weighted by Crippen LogP contribution is 2.57. The average molecular weight is 875 g/mol. The second-order valence-corrected chi connectivity index (χ2v) is 17.9. The number of aliphatic hydroxyl groups is 2. The van der Waals surface area contributed by atoms with Gasteiger partial charge in [0.05, 0.1) is 53.1 Å². The lowest BCUT2D eigenvalue weighted by molar-refractivity contribution is -0.901. The third kappa shape index (κ3) is 7.82. The Balaban J connectivity index is 1.65. The number of halogens is 12. The Bertz CT molecular complexity index is 1800. The van der Waals surface area contributed by atoms with Gasteiger partial charge >= 0.3 is 30.6 Å². The molecule has 2 amide bonds. The van der Waals surface area contributed by atoms with E-state index in [9.17, 15) is 72.5 Å². The first-order valence-corrected chi connectivity index (χ1v) is 19.9. The molecule has 0 bridgehead atoms. The van der Waals surface area contributed by atoms with Crippen LogP contribution in [0.2, 0.25) is 0 Å². The summed E-state index contributed by atoms with van der Waals surface area (Å²) in [5.74, 6) is -5.89. The molecule has 2 aliphatic carbocycles. The van der Waals surface area contributed by atoms with Crippen molar-refractivity contribution in [2.45, 2.75) is 157 Å². The second kappa shape index (κ2) is 14.9. The highest BCUT2D eigenvalue weighted by molar-refractivity contribution is 5.93. The zero-order valence-corrected chi connectivity index (χ0v) is 33.3. The topological polar surface area (TPSA) is 89.9 Å². The summed E-state index contributed by atoms with van der Waals surface area (Å²) in [7, 11) is 0. The molecule has 0 aromatic heterocycles. The van der Waals surface area contributed by atoms with Crippen LogP contribution in [0.3, 0.4) is 0 Å². The number of hydrogen-bond donors (Lipinski definition) is 3. The van der Waals surface area contributed by atoms with Gasteiger partial charge in [0.15, 0.2) is 6.04 Å². The fourth-order valence-corrected chi connectivity index (χ4v) is 11.1. The Hall–Kier alpha value is -3.42. The number of amides is 2. The van der Waals surface area contributed by atoms with Gasteiger partial charge in [0, 0.05) is 0 Å². The number of nitrogens with one attached hydrogen (secondary N) is 1. The maximum absolute atomic E-state index is 14.9. The van der Waals surface area contributed by atoms with E-state index in [2.05, 4.69) is 5.32 Å². The quantitative estimate of drug-likeness (QED) is 0.140. The van der Waals surface area contributed by atoms with Crippen molar-refractivity contribution in [3.63, 3.8) is 0 Å². The lowest BCUT2D eigenvalue weighted by atomic mass is 9.63. The van der Waals surface area contributed by atoms with Crippen LogP contribution in [0.5, 0.6) is 0 Å². The molecule has 2 aromatic rings. The summed E-state index contributed by atoms with van der Waals surface area (Å²) in [6, 6.07) is -0.931. The van der Waals surface area contributed by atoms with E-state index in [-0.39, 0.29) is 76.6 Å². The van der Waals surface area contributed by atoms with Gasteiger partial charge in [0.25, 0.3) is 11.7 Å². The molecular formula is C41H48F12N3O4+. The van der Waals surface area contributed by atoms with Gasteiger partial charge in [-0.1, -0.05) is 25.7 Å². The fraction of sp³-hybridized carbons (Fsp3) is 0.659. The zero-order chi connectivity index (χ0) is 44.9. The van der Waals surface area contributed by atoms with Crippen molar-refractivity contribution in [1.82, 2.24) is 10.2 Å². The minimum absolute atomic E-state index is 0.0375. The fourth-order valence-electron chi connectivity index (χ4n) is 11.1. The molecule has 3 N–H and O–H groups in total. The molecule has 2 heterocycles. The van der Waals surface area contributed by atoms with E-state index in [1.165, 1.54) is 4.90 Å². The molecule has 2 aromatic carbocycles. The summed E-state index contributed by atoms with van der Waals surface area (Å²) in [4.78, 5) is 30.4. The Labute approximate surface area is 338 Å². The Morgan fingerprint density at radius 3 is 1.27 bits per heavy atom. The van der Waals surface area contributed by atoms with Crippen LogP contribution in [-0.4, -0.2) is 74.1 Å². The number of fused-ring (bicyclic) bond motifs is 1. The van der Waals surface area contributed by atoms with Crippen LogP contribution in [0.4, 0.5) is 52.7 Å². The van der Waals surface area contributed by atoms with E-state index in [1.807, 2.05) is 0 Å². The molecule has 60 heavy (non-hydrogen) atoms. The van der Waals surface area contributed by atoms with Gasteiger partial charge in [-0.15, -0.1) is 0 Å². The molecule has 4 aliphatic rings. The Morgan fingerprint density at radius 2 is 0.967 bits per heavy atom. The summed E-state index contributed by atoms with van der Waals surface area (Å²) in [5, 5.41) is 25.8. The maximum atomic E-state index is 14.9. The minimum atomic E-state index is -5.26. The Morgan fingerprint density at radius 1 is 0.633 bits per heavy atom. The zero-order valence-electron chi connectivity index (χ0n) is 33.3. The number of carbonyl (C=O) groups excluding carboxylic acids is 2. The lowest BCUT2D eigenvalue weighted by Gasteiger charge is -2.62. The smallest absolute Gasteiger partial charge is 0.356 e. The van der Waals surface area contributed by atoms with Crippen molar-refractivity contribution in [1.29, 1.82) is 0 Å². The van der Waals surface area contributed by atoms with E-state index in [0.29, 0.717) is 24.3 Å². The SMILES string of the molecule is CC(C)[N+]1(C(C)C)CCN2C(C1=O)C(O)(O)C(=O)NC2(CC1(c2cc(C(F)(F)F)cc(C(F)(F)F)c2)CCCC1)CC1(c2cc(C(F)(F)F)cc(C(F)(F)F)c2)CCCC1. The van der Waals surface area contributed by atoms with Gasteiger partial charge in [-0.25, -0.2) is 4.79 Å². The van der Waals surface area contributed by atoms with Crippen LogP contribution in [0, 0.1) is 0 Å². The number of rotatable bonds is 8. The molecule has 4 fully saturated rings. The van der Waals surface area contributed by atoms with E-state index < -0.39 is 128 Å². The van der Waals surface area contributed by atoms with Crippen LogP contribution in [0.15, 0.2) is 36.4 Å². The van der Waals surface area contributed by atoms with Gasteiger partial charge in [-0.2, -0.15) is 52.7 Å². The van der Waals surface area contributed by atoms with Gasteiger partial charge in [0.1, 0.15) is 0 Å². The molecule has 0 spiro atoms. The van der Waals surface area contributed by atoms with Crippen molar-refractivity contribution >= 4 is 11.8 Å². The standard InChI is InChI=1S/C41H47F12N3O4/c1-23(2)56(24(3)4)14-13-55-31(32(56)57)37(59,60)33(58)54-36(55,21-34(9-5-6-10-34)25-15-27(38(42,43)44)19-28(16-25)39(45,46)47)22-35(11-7-8-12-35)26-17-29(40(48,49)50)20-30(18-26)41(51,52)53/h15-20,23-24,31,59-60H,5-14,21-22H2,1-4H3/p+1. The van der Waals surface area contributed by atoms with Crippen LogP contribution in [-0.2, 0) is 45.1 Å². The van der Waals surface area contributed by atoms with Gasteiger partial charge in [-0.3, -0.25) is 14.2 Å². The van der Waals surface area contributed by atoms with Crippen molar-refractivity contribution < 1.29 is 77.0 Å². The van der Waals surface area contributed by atoms with Crippen LogP contribution < -0.4 is 5.32 Å². The van der Waals surface area contributed by atoms with Crippen molar-refractivity contribution in [2.24, 2.45) is 0 Å². The molecule has 19 heteroatoms. The van der Waals surface area contributed by atoms with E-state index in [4.69, 9.17) is 0 Å². The molecular weight excluding hydrogens is 826 g/mol. The highest BCUT2D eigenvalue weighted by Gasteiger charge is 2.70. The minimum Gasteiger partial charge on any atom is -0.356 e. The summed E-state index contributed by atoms with van der Waals surface area (Å²) in [6.45, 7) is 6.46. The summed E-state index contributed by atoms with van der Waals surface area (Å²) in [5.41, 5.74) is -12.8. The van der Waals surface area contributed by atoms with Crippen molar-refractivity contribution in [2.75, 3.05) is 13.1 Å². The summed E-state index contributed by atoms with van der Waals surface area (Å²) >= 11 is 0. The first-order chi connectivity index (χ1) is 27.3. The van der Waals surface area contributed by atoms with Gasteiger partial charge in [0.2, 0.25) is 0 Å². The molecule has 1 atom stereocenters. The summed E-state index contributed by atoms with van der Waals surface area (Å²) < 4.78 is 172. The highest BCUT2D eigenvalue weighted by atomic mass is 19.4. The third-order valence-corrected chi connectivity index (χ3v) is 13.9. The predicted molar refractivity (Wildman–Crippen MR) is 191 cm³/mol. The molecule has 2 saturated carbocycles. The third-order valence-electron chi connectivity index (χ3n) is 13.9. The monoisotopic (exact) mass is 874 g/mol. The average Bonchev–Trinajstić information content (AvgIpc) is 3.80. The summed E-state index contributed by atoms with van der Waals surface area (Å²) in [6.07, 6.45) is -21.4. The number of piperazine rings is 1. The Kier molecular flexibility index (Phi) is 11.4. The van der Waals surface area contributed by atoms with E-state index >= 15 is 0 Å². The predicted octanol–water partition coefficient (Wildman–Crippen LogP) is 9.22. The number of carbonyl (C=O) groups is 2. The van der Waals surface area contributed by atoms with Gasteiger partial charge < -0.3 is 15.5 Å². The number of hydrogen-bond acceptors (Lipinski definition) is 5. The first kappa shape index (κ1) is 46.1. The molecule has 6 rings (SSSR count). The number of quaternary nitrogens is 1. The van der Waals surface area contributed by atoms with E-state index in [0.717, 1.165) is 0 Å². The normalized spacial score (nSPS) is 24.2.